The van der Waals surface area contributed by atoms with Crippen LogP contribution in [0.4, 0.5) is 4.79 Å². The Morgan fingerprint density at radius 2 is 1.81 bits per heavy atom. The summed E-state index contributed by atoms with van der Waals surface area (Å²) in [5, 5.41) is 4.47. The van der Waals surface area contributed by atoms with Gasteiger partial charge in [0.25, 0.3) is 0 Å². The van der Waals surface area contributed by atoms with Crippen LogP contribution in [0.2, 0.25) is 0 Å². The highest BCUT2D eigenvalue weighted by molar-refractivity contribution is 5.88. The standard InChI is InChI=1S/C29H30N2O6/c1-29(2,3)37-28(34)31-24(14-17-16-30-23-11-7-6-8-19(17)23)27(33)35-18-12-13-21-20-9-4-5-10-22(20)26(32)36-25(21)15-18/h6-8,11-13,15-16,24,30H,4-5,9-10,14H2,1-3H3,(H,31,34)/t24-/m0/s1. The summed E-state index contributed by atoms with van der Waals surface area (Å²) in [5.41, 5.74) is 2.84. The SMILES string of the molecule is CC(C)(C)OC(=O)N[C@@H](Cc1c[nH]c2ccccc12)C(=O)Oc1ccc2c3c(c(=O)oc2c1)CCCC3. The molecule has 2 heterocycles. The average Bonchev–Trinajstić information content (AvgIpc) is 3.25. The predicted molar refractivity (Wildman–Crippen MR) is 140 cm³/mol. The number of alkyl carbamates (subject to hydrolysis) is 1. The number of aromatic amines is 1. The van der Waals surface area contributed by atoms with Gasteiger partial charge >= 0.3 is 17.7 Å². The van der Waals surface area contributed by atoms with Crippen LogP contribution >= 0.6 is 0 Å². The molecule has 1 aliphatic carbocycles. The molecule has 0 saturated heterocycles. The van der Waals surface area contributed by atoms with Crippen LogP contribution in [-0.2, 0) is 28.8 Å². The smallest absolute Gasteiger partial charge is 0.408 e. The van der Waals surface area contributed by atoms with Crippen molar-refractivity contribution in [2.24, 2.45) is 0 Å². The van der Waals surface area contributed by atoms with Crippen molar-refractivity contribution in [2.45, 2.75) is 64.5 Å². The number of hydrogen-bond acceptors (Lipinski definition) is 6. The van der Waals surface area contributed by atoms with Crippen LogP contribution in [0.25, 0.3) is 21.9 Å². The lowest BCUT2D eigenvalue weighted by atomic mass is 9.91. The van der Waals surface area contributed by atoms with Crippen molar-refractivity contribution in [2.75, 3.05) is 0 Å². The maximum atomic E-state index is 13.3. The van der Waals surface area contributed by atoms with Gasteiger partial charge < -0.3 is 24.2 Å². The van der Waals surface area contributed by atoms with Gasteiger partial charge in [0.2, 0.25) is 0 Å². The van der Waals surface area contributed by atoms with Gasteiger partial charge in [-0.1, -0.05) is 18.2 Å². The highest BCUT2D eigenvalue weighted by Gasteiger charge is 2.28. The van der Waals surface area contributed by atoms with E-state index >= 15 is 0 Å². The van der Waals surface area contributed by atoms with Crippen LogP contribution in [0.15, 0.2) is 57.9 Å². The van der Waals surface area contributed by atoms with Crippen molar-refractivity contribution < 1.29 is 23.5 Å². The first-order chi connectivity index (χ1) is 17.7. The minimum Gasteiger partial charge on any atom is -0.444 e. The molecule has 0 unspecified atom stereocenters. The third-order valence-corrected chi connectivity index (χ3v) is 6.49. The number of rotatable bonds is 5. The highest BCUT2D eigenvalue weighted by Crippen LogP contribution is 2.29. The second-order valence-electron chi connectivity index (χ2n) is 10.4. The van der Waals surface area contributed by atoms with Crippen LogP contribution in [0.3, 0.4) is 0 Å². The third-order valence-electron chi connectivity index (χ3n) is 6.49. The molecule has 37 heavy (non-hydrogen) atoms. The van der Waals surface area contributed by atoms with E-state index in [2.05, 4.69) is 10.3 Å². The second-order valence-corrected chi connectivity index (χ2v) is 10.4. The van der Waals surface area contributed by atoms with Crippen molar-refractivity contribution >= 4 is 33.9 Å². The van der Waals surface area contributed by atoms with E-state index in [0.29, 0.717) is 5.58 Å². The highest BCUT2D eigenvalue weighted by atomic mass is 16.6. The minimum atomic E-state index is -1.01. The van der Waals surface area contributed by atoms with Gasteiger partial charge in [-0.2, -0.15) is 0 Å². The summed E-state index contributed by atoms with van der Waals surface area (Å²) in [5.74, 6) is -0.429. The zero-order valence-corrected chi connectivity index (χ0v) is 21.2. The summed E-state index contributed by atoms with van der Waals surface area (Å²) in [7, 11) is 0. The van der Waals surface area contributed by atoms with Crippen molar-refractivity contribution in [3.8, 4) is 5.75 Å². The molecule has 0 bridgehead atoms. The normalized spacial score (nSPS) is 14.2. The number of carbonyl (C=O) groups excluding carboxylic acids is 2. The van der Waals surface area contributed by atoms with Crippen molar-refractivity contribution in [3.63, 3.8) is 0 Å². The van der Waals surface area contributed by atoms with E-state index in [4.69, 9.17) is 13.9 Å². The lowest BCUT2D eigenvalue weighted by molar-refractivity contribution is -0.136. The molecule has 8 nitrogen and oxygen atoms in total. The first-order valence-electron chi connectivity index (χ1n) is 12.5. The third kappa shape index (κ3) is 5.38. The van der Waals surface area contributed by atoms with Gasteiger partial charge in [-0.15, -0.1) is 0 Å². The summed E-state index contributed by atoms with van der Waals surface area (Å²) < 4.78 is 16.6. The number of para-hydroxylation sites is 1. The lowest BCUT2D eigenvalue weighted by Gasteiger charge is -2.23. The molecule has 4 aromatic rings. The monoisotopic (exact) mass is 502 g/mol. The van der Waals surface area contributed by atoms with Crippen LogP contribution < -0.4 is 15.7 Å². The molecule has 1 aliphatic rings. The Balaban J connectivity index is 1.42. The quantitative estimate of drug-likeness (QED) is 0.221. The second kappa shape index (κ2) is 9.76. The van der Waals surface area contributed by atoms with E-state index < -0.39 is 23.7 Å². The molecule has 192 valence electrons. The molecule has 1 atom stereocenters. The van der Waals surface area contributed by atoms with Crippen molar-refractivity contribution in [1.29, 1.82) is 0 Å². The minimum absolute atomic E-state index is 0.193. The first kappa shape index (κ1) is 24.6. The predicted octanol–water partition coefficient (Wildman–Crippen LogP) is 5.19. The van der Waals surface area contributed by atoms with Gasteiger partial charge in [-0.3, -0.25) is 0 Å². The maximum absolute atomic E-state index is 13.3. The van der Waals surface area contributed by atoms with E-state index in [9.17, 15) is 14.4 Å². The average molecular weight is 503 g/mol. The van der Waals surface area contributed by atoms with Gasteiger partial charge in [0, 0.05) is 40.5 Å². The fraction of sp³-hybridized carbons (Fsp3) is 0.345. The fourth-order valence-corrected chi connectivity index (χ4v) is 4.84. The number of nitrogens with one attached hydrogen (secondary N) is 2. The van der Waals surface area contributed by atoms with Crippen molar-refractivity contribution in [3.05, 3.63) is 75.8 Å². The number of ether oxygens (including phenoxy) is 2. The number of fused-ring (bicyclic) bond motifs is 4. The summed E-state index contributed by atoms with van der Waals surface area (Å²) in [6, 6.07) is 11.8. The number of carbonyl (C=O) groups is 2. The molecule has 1 amide bonds. The van der Waals surface area contributed by atoms with E-state index in [0.717, 1.165) is 58.7 Å². The molecule has 0 aliphatic heterocycles. The molecule has 0 fully saturated rings. The van der Waals surface area contributed by atoms with Gasteiger partial charge in [0.05, 0.1) is 0 Å². The topological polar surface area (TPSA) is 111 Å². The Labute approximate surface area is 214 Å². The Kier molecular flexibility index (Phi) is 6.50. The van der Waals surface area contributed by atoms with Crippen LogP contribution in [0.5, 0.6) is 5.75 Å². The number of amides is 1. The molecular weight excluding hydrogens is 472 g/mol. The zero-order chi connectivity index (χ0) is 26.2. The Bertz CT molecular complexity index is 1540. The van der Waals surface area contributed by atoms with Gasteiger partial charge in [0.15, 0.2) is 0 Å². The Morgan fingerprint density at radius 1 is 1.05 bits per heavy atom. The summed E-state index contributed by atoms with van der Waals surface area (Å²) >= 11 is 0. The van der Waals surface area contributed by atoms with Crippen LogP contribution in [-0.4, -0.2) is 28.7 Å². The molecule has 2 aromatic carbocycles. The number of benzene rings is 2. The van der Waals surface area contributed by atoms with E-state index in [1.807, 2.05) is 36.5 Å². The number of aryl methyl sites for hydroxylation is 1. The molecule has 0 radical (unpaired) electrons. The molecule has 8 heteroatoms. The first-order valence-corrected chi connectivity index (χ1v) is 12.5. The van der Waals surface area contributed by atoms with Gasteiger partial charge in [0.1, 0.15) is 23.0 Å². The Hall–Kier alpha value is -4.07. The largest absolute Gasteiger partial charge is 0.444 e. The number of H-pyrrole nitrogens is 1. The summed E-state index contributed by atoms with van der Waals surface area (Å²) in [4.78, 5) is 41.6. The molecule has 0 spiro atoms. The maximum Gasteiger partial charge on any atom is 0.408 e. The van der Waals surface area contributed by atoms with Gasteiger partial charge in [-0.25, -0.2) is 14.4 Å². The van der Waals surface area contributed by atoms with Crippen LogP contribution in [0, 0.1) is 0 Å². The lowest BCUT2D eigenvalue weighted by Crippen LogP contribution is -2.46. The van der Waals surface area contributed by atoms with Gasteiger partial charge in [-0.05, 0) is 75.8 Å². The number of aromatic nitrogens is 1. The summed E-state index contributed by atoms with van der Waals surface area (Å²) in [6.07, 6.45) is 4.83. The number of hydrogen-bond donors (Lipinski definition) is 2. The Morgan fingerprint density at radius 3 is 2.59 bits per heavy atom. The molecule has 2 N–H and O–H groups in total. The summed E-state index contributed by atoms with van der Waals surface area (Å²) in [6.45, 7) is 5.25. The molecular formula is C29H30N2O6. The fourth-order valence-electron chi connectivity index (χ4n) is 4.84. The molecule has 5 rings (SSSR count). The number of esters is 1. The zero-order valence-electron chi connectivity index (χ0n) is 21.2. The molecule has 2 aromatic heterocycles. The van der Waals surface area contributed by atoms with E-state index in [-0.39, 0.29) is 17.8 Å². The van der Waals surface area contributed by atoms with Crippen LogP contribution in [0.1, 0.15) is 50.3 Å². The van der Waals surface area contributed by atoms with E-state index in [1.165, 1.54) is 0 Å². The molecule has 0 saturated carbocycles. The van der Waals surface area contributed by atoms with E-state index in [1.54, 1.807) is 32.9 Å². The van der Waals surface area contributed by atoms with Crippen molar-refractivity contribution in [1.82, 2.24) is 10.3 Å².